The predicted molar refractivity (Wildman–Crippen MR) is 65.8 cm³/mol. The summed E-state index contributed by atoms with van der Waals surface area (Å²) in [6, 6.07) is 5.78. The molecule has 1 aliphatic carbocycles. The van der Waals surface area contributed by atoms with Crippen LogP contribution >= 0.6 is 15.9 Å². The van der Waals surface area contributed by atoms with Crippen LogP contribution in [0.25, 0.3) is 10.9 Å². The zero-order chi connectivity index (χ0) is 11.1. The van der Waals surface area contributed by atoms with Crippen molar-refractivity contribution in [3.63, 3.8) is 0 Å². The van der Waals surface area contributed by atoms with Gasteiger partial charge in [-0.25, -0.2) is 4.39 Å². The van der Waals surface area contributed by atoms with E-state index in [0.717, 1.165) is 22.1 Å². The molecule has 16 heavy (non-hydrogen) atoms. The van der Waals surface area contributed by atoms with Gasteiger partial charge >= 0.3 is 0 Å². The Morgan fingerprint density at radius 1 is 1.44 bits per heavy atom. The summed E-state index contributed by atoms with van der Waals surface area (Å²) < 4.78 is 14.5. The third kappa shape index (κ3) is 1.76. The second kappa shape index (κ2) is 3.86. The quantitative estimate of drug-likeness (QED) is 0.888. The average molecular weight is 283 g/mol. The topological polar surface area (TPSA) is 27.8 Å². The van der Waals surface area contributed by atoms with E-state index in [9.17, 15) is 4.39 Å². The molecule has 1 saturated carbocycles. The van der Waals surface area contributed by atoms with Crippen molar-refractivity contribution in [3.05, 3.63) is 34.2 Å². The second-order valence-electron chi connectivity index (χ2n) is 4.24. The molecule has 2 nitrogen and oxygen atoms in total. The van der Waals surface area contributed by atoms with E-state index in [1.165, 1.54) is 18.9 Å². The highest BCUT2D eigenvalue weighted by Gasteiger charge is 2.21. The largest absolute Gasteiger partial charge is 0.354 e. The predicted octanol–water partition coefficient (Wildman–Crippen LogP) is 3.32. The van der Waals surface area contributed by atoms with Crippen molar-refractivity contribution in [2.45, 2.75) is 25.4 Å². The molecule has 0 radical (unpaired) electrons. The lowest BCUT2D eigenvalue weighted by molar-refractivity contribution is 0.635. The summed E-state index contributed by atoms with van der Waals surface area (Å²) in [7, 11) is 0. The van der Waals surface area contributed by atoms with Crippen LogP contribution in [0.5, 0.6) is 0 Å². The average Bonchev–Trinajstić information content (AvgIpc) is 3.04. The summed E-state index contributed by atoms with van der Waals surface area (Å²) in [4.78, 5) is 3.13. The zero-order valence-corrected chi connectivity index (χ0v) is 10.3. The maximum Gasteiger partial charge on any atom is 0.147 e. The molecule has 3 rings (SSSR count). The van der Waals surface area contributed by atoms with E-state index < -0.39 is 0 Å². The summed E-state index contributed by atoms with van der Waals surface area (Å²) in [5, 5.41) is 4.32. The lowest BCUT2D eigenvalue weighted by Crippen LogP contribution is -2.15. The smallest absolute Gasteiger partial charge is 0.147 e. The number of fused-ring (bicyclic) bond motifs is 1. The molecule has 0 aliphatic heterocycles. The standard InChI is InChI=1S/C12H12BrFN2/c13-11-8-2-1-3-9(14)12(8)16-10(11)6-15-7-4-5-7/h1-3,7,15-16H,4-6H2. The molecule has 1 fully saturated rings. The second-order valence-corrected chi connectivity index (χ2v) is 5.03. The minimum absolute atomic E-state index is 0.198. The molecule has 4 heteroatoms. The molecular formula is C12H12BrFN2. The third-order valence-corrected chi connectivity index (χ3v) is 3.84. The van der Waals surface area contributed by atoms with E-state index in [2.05, 4.69) is 26.2 Å². The van der Waals surface area contributed by atoms with Gasteiger partial charge in [-0.3, -0.25) is 0 Å². The molecule has 2 aromatic rings. The molecule has 1 heterocycles. The first kappa shape index (κ1) is 10.3. The zero-order valence-electron chi connectivity index (χ0n) is 8.69. The van der Waals surface area contributed by atoms with E-state index >= 15 is 0 Å². The van der Waals surface area contributed by atoms with Crippen LogP contribution in [0.1, 0.15) is 18.5 Å². The van der Waals surface area contributed by atoms with Crippen LogP contribution in [0.15, 0.2) is 22.7 Å². The molecule has 0 atom stereocenters. The van der Waals surface area contributed by atoms with Crippen LogP contribution < -0.4 is 5.32 Å². The highest BCUT2D eigenvalue weighted by molar-refractivity contribution is 9.10. The van der Waals surface area contributed by atoms with Gasteiger partial charge in [-0.05, 0) is 34.8 Å². The maximum absolute atomic E-state index is 13.5. The van der Waals surface area contributed by atoms with Crippen molar-refractivity contribution in [3.8, 4) is 0 Å². The van der Waals surface area contributed by atoms with Crippen molar-refractivity contribution in [1.82, 2.24) is 10.3 Å². The minimum Gasteiger partial charge on any atom is -0.354 e. The van der Waals surface area contributed by atoms with Crippen molar-refractivity contribution < 1.29 is 4.39 Å². The molecule has 0 saturated heterocycles. The number of halogens is 2. The Morgan fingerprint density at radius 2 is 2.25 bits per heavy atom. The number of hydrogen-bond acceptors (Lipinski definition) is 1. The highest BCUT2D eigenvalue weighted by atomic mass is 79.9. The number of aromatic nitrogens is 1. The van der Waals surface area contributed by atoms with Crippen molar-refractivity contribution in [2.24, 2.45) is 0 Å². The van der Waals surface area contributed by atoms with E-state index in [1.54, 1.807) is 6.07 Å². The molecule has 2 N–H and O–H groups in total. The monoisotopic (exact) mass is 282 g/mol. The Bertz CT molecular complexity index is 531. The van der Waals surface area contributed by atoms with Gasteiger partial charge in [0.25, 0.3) is 0 Å². The molecule has 0 spiro atoms. The molecule has 1 aliphatic rings. The number of H-pyrrole nitrogens is 1. The van der Waals surface area contributed by atoms with Gasteiger partial charge < -0.3 is 10.3 Å². The molecule has 0 amide bonds. The fraction of sp³-hybridized carbons (Fsp3) is 0.333. The van der Waals surface area contributed by atoms with Gasteiger partial charge in [-0.15, -0.1) is 0 Å². The van der Waals surface area contributed by atoms with Crippen LogP contribution in [-0.2, 0) is 6.54 Å². The minimum atomic E-state index is -0.198. The Hall–Kier alpha value is -0.870. The summed E-state index contributed by atoms with van der Waals surface area (Å²) in [5.41, 5.74) is 1.61. The van der Waals surface area contributed by atoms with Gasteiger partial charge in [0, 0.05) is 28.1 Å². The lowest BCUT2D eigenvalue weighted by atomic mass is 10.2. The summed E-state index contributed by atoms with van der Waals surface area (Å²) in [6.45, 7) is 0.763. The molecular weight excluding hydrogens is 271 g/mol. The Morgan fingerprint density at radius 3 is 2.94 bits per heavy atom. The normalized spacial score (nSPS) is 15.9. The van der Waals surface area contributed by atoms with E-state index in [-0.39, 0.29) is 5.82 Å². The molecule has 84 valence electrons. The SMILES string of the molecule is Fc1cccc2c(Br)c(CNC3CC3)[nH]c12. The molecule has 0 bridgehead atoms. The van der Waals surface area contributed by atoms with Crippen molar-refractivity contribution in [2.75, 3.05) is 0 Å². The first-order chi connectivity index (χ1) is 7.75. The number of hydrogen-bond donors (Lipinski definition) is 2. The number of rotatable bonds is 3. The van der Waals surface area contributed by atoms with Crippen LogP contribution in [0, 0.1) is 5.82 Å². The Balaban J connectivity index is 1.97. The van der Waals surface area contributed by atoms with Gasteiger partial charge in [0.1, 0.15) is 5.82 Å². The molecule has 0 unspecified atom stereocenters. The van der Waals surface area contributed by atoms with E-state index in [0.29, 0.717) is 11.6 Å². The van der Waals surface area contributed by atoms with Gasteiger partial charge in [-0.1, -0.05) is 12.1 Å². The van der Waals surface area contributed by atoms with Gasteiger partial charge in [-0.2, -0.15) is 0 Å². The first-order valence-electron chi connectivity index (χ1n) is 5.43. The van der Waals surface area contributed by atoms with Gasteiger partial charge in [0.15, 0.2) is 0 Å². The molecule has 1 aromatic heterocycles. The van der Waals surface area contributed by atoms with Crippen LogP contribution in [-0.4, -0.2) is 11.0 Å². The number of benzene rings is 1. The Labute approximate surface area is 101 Å². The summed E-state index contributed by atoms with van der Waals surface area (Å²) in [6.07, 6.45) is 2.51. The van der Waals surface area contributed by atoms with E-state index in [1.807, 2.05) is 6.07 Å². The van der Waals surface area contributed by atoms with Gasteiger partial charge in [0.05, 0.1) is 5.52 Å². The highest BCUT2D eigenvalue weighted by Crippen LogP contribution is 2.30. The number of nitrogens with one attached hydrogen (secondary N) is 2. The number of aromatic amines is 1. The van der Waals surface area contributed by atoms with Crippen LogP contribution in [0.3, 0.4) is 0 Å². The first-order valence-corrected chi connectivity index (χ1v) is 6.23. The lowest BCUT2D eigenvalue weighted by Gasteiger charge is -2.00. The summed E-state index contributed by atoms with van der Waals surface area (Å²) in [5.74, 6) is -0.198. The fourth-order valence-electron chi connectivity index (χ4n) is 1.86. The van der Waals surface area contributed by atoms with Crippen molar-refractivity contribution >= 4 is 26.8 Å². The summed E-state index contributed by atoms with van der Waals surface area (Å²) >= 11 is 3.52. The molecule has 1 aromatic carbocycles. The fourth-order valence-corrected chi connectivity index (χ4v) is 2.43. The van der Waals surface area contributed by atoms with Crippen LogP contribution in [0.4, 0.5) is 4.39 Å². The van der Waals surface area contributed by atoms with Crippen molar-refractivity contribution in [1.29, 1.82) is 0 Å². The van der Waals surface area contributed by atoms with Gasteiger partial charge in [0.2, 0.25) is 0 Å². The Kier molecular flexibility index (Phi) is 2.48. The van der Waals surface area contributed by atoms with E-state index in [4.69, 9.17) is 0 Å². The number of para-hydroxylation sites is 1. The van der Waals surface area contributed by atoms with Crippen LogP contribution in [0.2, 0.25) is 0 Å². The maximum atomic E-state index is 13.5. The third-order valence-electron chi connectivity index (χ3n) is 2.94.